The molecule has 0 radical (unpaired) electrons. The molecule has 1 aliphatic carbocycles. The second-order valence-electron chi connectivity index (χ2n) is 6.21. The Hall–Kier alpha value is -2.30. The van der Waals surface area contributed by atoms with Gasteiger partial charge in [0, 0.05) is 6.61 Å². The van der Waals surface area contributed by atoms with E-state index in [0.717, 1.165) is 29.3 Å². The molecule has 0 saturated heterocycles. The monoisotopic (exact) mass is 380 g/mol. The topological polar surface area (TPSA) is 123 Å². The largest absolute Gasteiger partial charge is 0.361 e. The van der Waals surface area contributed by atoms with E-state index < -0.39 is 26.9 Å². The molecule has 1 aromatic carbocycles. The molecular weight excluding hydrogens is 360 g/mol. The van der Waals surface area contributed by atoms with Gasteiger partial charge in [0.05, 0.1) is 11.3 Å². The molecule has 2 N–H and O–H groups in total. The van der Waals surface area contributed by atoms with Crippen molar-refractivity contribution >= 4 is 10.0 Å². The van der Waals surface area contributed by atoms with Gasteiger partial charge >= 0.3 is 11.4 Å². The van der Waals surface area contributed by atoms with Crippen molar-refractivity contribution in [3.63, 3.8) is 0 Å². The first-order valence-electron chi connectivity index (χ1n) is 8.21. The molecule has 1 fully saturated rings. The summed E-state index contributed by atoms with van der Waals surface area (Å²) in [5, 5.41) is 0. The summed E-state index contributed by atoms with van der Waals surface area (Å²) in [7, 11) is -3.44. The maximum absolute atomic E-state index is 12.3. The molecule has 0 aliphatic heterocycles. The third-order valence-corrected chi connectivity index (χ3v) is 5.68. The molecule has 9 nitrogen and oxygen atoms in total. The van der Waals surface area contributed by atoms with Crippen molar-refractivity contribution in [2.24, 2.45) is 0 Å². The Morgan fingerprint density at radius 3 is 2.62 bits per heavy atom. The lowest BCUT2D eigenvalue weighted by Crippen LogP contribution is -2.36. The molecular formula is C16H20N4O5S. The molecule has 2 aromatic rings. The molecule has 0 amide bonds. The third kappa shape index (κ3) is 4.65. The van der Waals surface area contributed by atoms with Crippen molar-refractivity contribution in [1.29, 1.82) is 0 Å². The first kappa shape index (κ1) is 18.5. The van der Waals surface area contributed by atoms with Crippen LogP contribution in [0.3, 0.4) is 0 Å². The zero-order chi connectivity index (χ0) is 18.6. The van der Waals surface area contributed by atoms with Crippen LogP contribution in [0.25, 0.3) is 0 Å². The molecule has 0 unspecified atom stereocenters. The Morgan fingerprint density at radius 1 is 1.23 bits per heavy atom. The van der Waals surface area contributed by atoms with Crippen molar-refractivity contribution in [3.05, 3.63) is 63.2 Å². The van der Waals surface area contributed by atoms with E-state index in [4.69, 9.17) is 4.74 Å². The van der Waals surface area contributed by atoms with Gasteiger partial charge in [0.1, 0.15) is 13.1 Å². The van der Waals surface area contributed by atoms with Crippen molar-refractivity contribution in [1.82, 2.24) is 19.3 Å². The minimum Gasteiger partial charge on any atom is -0.361 e. The van der Waals surface area contributed by atoms with Crippen molar-refractivity contribution in [3.8, 4) is 0 Å². The van der Waals surface area contributed by atoms with Gasteiger partial charge in [-0.1, -0.05) is 30.3 Å². The molecule has 1 heterocycles. The van der Waals surface area contributed by atoms with E-state index in [9.17, 15) is 18.0 Å². The summed E-state index contributed by atoms with van der Waals surface area (Å²) in [6.07, 6.45) is 2.94. The van der Waals surface area contributed by atoms with Gasteiger partial charge in [-0.2, -0.15) is 4.98 Å². The molecule has 140 valence electrons. The van der Waals surface area contributed by atoms with Crippen LogP contribution in [-0.4, -0.2) is 35.3 Å². The number of aromatic amines is 1. The molecule has 1 aliphatic rings. The number of rotatable bonds is 9. The second-order valence-corrected chi connectivity index (χ2v) is 8.05. The maximum Gasteiger partial charge on any atom is 0.350 e. The van der Waals surface area contributed by atoms with Gasteiger partial charge in [-0.25, -0.2) is 22.7 Å². The number of aromatic nitrogens is 3. The number of benzene rings is 1. The highest BCUT2D eigenvalue weighted by atomic mass is 32.2. The van der Waals surface area contributed by atoms with Crippen molar-refractivity contribution in [2.45, 2.75) is 31.5 Å². The van der Waals surface area contributed by atoms with E-state index in [0.29, 0.717) is 0 Å². The summed E-state index contributed by atoms with van der Waals surface area (Å²) in [5.74, 6) is -0.0691. The molecule has 0 atom stereocenters. The van der Waals surface area contributed by atoms with E-state index in [-0.39, 0.29) is 25.5 Å². The van der Waals surface area contributed by atoms with E-state index in [1.54, 1.807) is 0 Å². The Morgan fingerprint density at radius 2 is 1.96 bits per heavy atom. The van der Waals surface area contributed by atoms with Crippen LogP contribution in [-0.2, 0) is 27.0 Å². The molecule has 0 bridgehead atoms. The average molecular weight is 380 g/mol. The van der Waals surface area contributed by atoms with Crippen LogP contribution in [0.1, 0.15) is 24.8 Å². The number of ether oxygens (including phenoxy) is 1. The molecule has 10 heteroatoms. The maximum atomic E-state index is 12.3. The lowest BCUT2D eigenvalue weighted by molar-refractivity contribution is 0.0735. The van der Waals surface area contributed by atoms with Gasteiger partial charge in [0.2, 0.25) is 10.0 Å². The van der Waals surface area contributed by atoms with Gasteiger partial charge in [0.15, 0.2) is 0 Å². The number of nitrogens with one attached hydrogen (secondary N) is 2. The minimum atomic E-state index is -3.44. The number of nitrogens with zero attached hydrogens (tertiary/aromatic N) is 2. The lowest BCUT2D eigenvalue weighted by atomic mass is 10.1. The number of H-pyrrole nitrogens is 1. The number of hydrogen-bond acceptors (Lipinski definition) is 6. The van der Waals surface area contributed by atoms with Gasteiger partial charge in [-0.05, 0) is 24.8 Å². The second kappa shape index (κ2) is 7.52. The molecule has 1 saturated carbocycles. The Balaban J connectivity index is 1.46. The fraction of sp³-hybridized carbons (Fsp3) is 0.438. The van der Waals surface area contributed by atoms with E-state index in [1.807, 2.05) is 35.3 Å². The fourth-order valence-electron chi connectivity index (χ4n) is 2.66. The predicted octanol–water partition coefficient (Wildman–Crippen LogP) is -0.0955. The summed E-state index contributed by atoms with van der Waals surface area (Å²) in [6.45, 7) is 0.0505. The summed E-state index contributed by atoms with van der Waals surface area (Å²) in [5.41, 5.74) is -0.853. The Labute approximate surface area is 150 Å². The SMILES string of the molecule is O=c1ncn(COCCCS(=O)(=O)NC2(c3ccccc3)CC2)c(=O)[nH]1. The fourth-order valence-corrected chi connectivity index (χ4v) is 4.17. The van der Waals surface area contributed by atoms with Crippen LogP contribution < -0.4 is 16.1 Å². The van der Waals surface area contributed by atoms with Gasteiger partial charge < -0.3 is 4.74 Å². The van der Waals surface area contributed by atoms with Crippen LogP contribution in [0.5, 0.6) is 0 Å². The third-order valence-electron chi connectivity index (χ3n) is 4.15. The number of sulfonamides is 1. The van der Waals surface area contributed by atoms with E-state index in [2.05, 4.69) is 9.71 Å². The lowest BCUT2D eigenvalue weighted by Gasteiger charge is -2.18. The van der Waals surface area contributed by atoms with Gasteiger partial charge in [-0.15, -0.1) is 0 Å². The Bertz CT molecular complexity index is 964. The van der Waals surface area contributed by atoms with Crippen molar-refractivity contribution in [2.75, 3.05) is 12.4 Å². The Kier molecular flexibility index (Phi) is 5.35. The van der Waals surface area contributed by atoms with E-state index in [1.165, 1.54) is 0 Å². The summed E-state index contributed by atoms with van der Waals surface area (Å²) in [4.78, 5) is 27.7. The van der Waals surface area contributed by atoms with Gasteiger partial charge in [-0.3, -0.25) is 9.55 Å². The zero-order valence-corrected chi connectivity index (χ0v) is 14.9. The molecule has 3 rings (SSSR count). The summed E-state index contributed by atoms with van der Waals surface area (Å²) in [6, 6.07) is 9.54. The molecule has 0 spiro atoms. The smallest absolute Gasteiger partial charge is 0.350 e. The van der Waals surface area contributed by atoms with Crippen LogP contribution in [0.4, 0.5) is 0 Å². The average Bonchev–Trinajstić information content (AvgIpc) is 3.37. The predicted molar refractivity (Wildman–Crippen MR) is 94.0 cm³/mol. The first-order valence-corrected chi connectivity index (χ1v) is 9.86. The quantitative estimate of drug-likeness (QED) is 0.586. The normalized spacial score (nSPS) is 15.7. The van der Waals surface area contributed by atoms with Crippen molar-refractivity contribution < 1.29 is 13.2 Å². The van der Waals surface area contributed by atoms with Crippen LogP contribution in [0, 0.1) is 0 Å². The first-order chi connectivity index (χ1) is 12.4. The number of hydrogen-bond donors (Lipinski definition) is 2. The molecule has 26 heavy (non-hydrogen) atoms. The van der Waals surface area contributed by atoms with E-state index >= 15 is 0 Å². The summed E-state index contributed by atoms with van der Waals surface area (Å²) >= 11 is 0. The van der Waals surface area contributed by atoms with Gasteiger partial charge in [0.25, 0.3) is 0 Å². The standard InChI is InChI=1S/C16H20N4O5S/c21-14-17-11-20(15(22)18-14)12-25-9-4-10-26(23,24)19-16(7-8-16)13-5-2-1-3-6-13/h1-3,5-6,11,19H,4,7-10,12H2,(H,18,21,22). The molecule has 1 aromatic heterocycles. The summed E-state index contributed by atoms with van der Waals surface area (Å²) < 4.78 is 33.8. The highest BCUT2D eigenvalue weighted by molar-refractivity contribution is 7.89. The highest BCUT2D eigenvalue weighted by Crippen LogP contribution is 2.45. The minimum absolute atomic E-state index is 0.0691. The van der Waals surface area contributed by atoms with Crippen LogP contribution in [0.15, 0.2) is 46.2 Å². The van der Waals surface area contributed by atoms with Crippen LogP contribution in [0.2, 0.25) is 0 Å². The van der Waals surface area contributed by atoms with Crippen LogP contribution >= 0.6 is 0 Å². The highest BCUT2D eigenvalue weighted by Gasteiger charge is 2.46. The zero-order valence-electron chi connectivity index (χ0n) is 14.1.